The van der Waals surface area contributed by atoms with Gasteiger partial charge in [-0.25, -0.2) is 0 Å². The van der Waals surface area contributed by atoms with Gasteiger partial charge >= 0.3 is 0 Å². The normalized spacial score (nSPS) is 47.4. The van der Waals surface area contributed by atoms with E-state index in [2.05, 4.69) is 0 Å². The van der Waals surface area contributed by atoms with Gasteiger partial charge in [0.15, 0.2) is 0 Å². The topological polar surface area (TPSA) is 77.8 Å². The van der Waals surface area contributed by atoms with E-state index < -0.39 is 18.1 Å². The highest BCUT2D eigenvalue weighted by Gasteiger charge is 2.84. The van der Waals surface area contributed by atoms with Gasteiger partial charge in [0.25, 0.3) is 12.9 Å². The van der Waals surface area contributed by atoms with E-state index in [9.17, 15) is 4.57 Å². The lowest BCUT2D eigenvalue weighted by atomic mass is 10.1. The minimum Gasteiger partial charge on any atom is -0.357 e. The van der Waals surface area contributed by atoms with Crippen LogP contribution in [0.25, 0.3) is 0 Å². The third-order valence-electron chi connectivity index (χ3n) is 2.50. The van der Waals surface area contributed by atoms with E-state index in [-0.39, 0.29) is 0 Å². The van der Waals surface area contributed by atoms with Crippen molar-refractivity contribution < 1.29 is 19.7 Å². The molecule has 1 rings (SSSR count). The maximum atomic E-state index is 11.1. The first-order valence-electron chi connectivity index (χ1n) is 3.59. The molecule has 2 atom stereocenters. The molecule has 0 aromatic rings. The van der Waals surface area contributed by atoms with Crippen LogP contribution in [-0.4, -0.2) is 25.8 Å². The maximum absolute atomic E-state index is 11.1. The second kappa shape index (κ2) is 2.07. The van der Waals surface area contributed by atoms with Crippen molar-refractivity contribution >= 4 is 7.37 Å². The Morgan fingerprint density at radius 2 is 1.82 bits per heavy atom. The van der Waals surface area contributed by atoms with Crippen molar-refractivity contribution in [2.75, 3.05) is 0 Å². The van der Waals surface area contributed by atoms with Crippen molar-refractivity contribution in [1.82, 2.24) is 0 Å². The van der Waals surface area contributed by atoms with Gasteiger partial charge in [0.2, 0.25) is 0 Å². The van der Waals surface area contributed by atoms with Gasteiger partial charge in [0, 0.05) is 0 Å². The first-order chi connectivity index (χ1) is 4.81. The monoisotopic (exact) mass is 180 g/mol. The lowest BCUT2D eigenvalue weighted by molar-refractivity contribution is -0.0696. The Labute approximate surface area is 65.3 Å². The highest BCUT2D eigenvalue weighted by atomic mass is 31.2. The average molecular weight is 180 g/mol. The predicted molar refractivity (Wildman–Crippen MR) is 40.3 cm³/mol. The zero-order chi connectivity index (χ0) is 8.91. The SMILES string of the molecule is CCCC1(C)C(O)(O)P1(=O)O. The number of aliphatic hydroxyl groups is 2. The molecule has 0 aromatic carbocycles. The first kappa shape index (κ1) is 9.20. The Morgan fingerprint density at radius 1 is 1.45 bits per heavy atom. The Bertz CT molecular complexity index is 225. The summed E-state index contributed by atoms with van der Waals surface area (Å²) < 4.78 is 11.1. The van der Waals surface area contributed by atoms with Crippen LogP contribution in [0.2, 0.25) is 0 Å². The average Bonchev–Trinajstić information content (AvgIpc) is 2.12. The van der Waals surface area contributed by atoms with Crippen molar-refractivity contribution in [2.24, 2.45) is 0 Å². The van der Waals surface area contributed by atoms with Gasteiger partial charge in [-0.2, -0.15) is 0 Å². The first-order valence-corrected chi connectivity index (χ1v) is 5.25. The summed E-state index contributed by atoms with van der Waals surface area (Å²) in [5, 5.41) is 16.9. The molecular weight excluding hydrogens is 167 g/mol. The van der Waals surface area contributed by atoms with E-state index in [4.69, 9.17) is 15.1 Å². The van der Waals surface area contributed by atoms with Crippen molar-refractivity contribution in [1.29, 1.82) is 0 Å². The Balaban J connectivity index is 2.88. The summed E-state index contributed by atoms with van der Waals surface area (Å²) in [6.07, 6.45) is 1.04. The van der Waals surface area contributed by atoms with Crippen LogP contribution in [0.5, 0.6) is 0 Å². The molecule has 1 saturated heterocycles. The van der Waals surface area contributed by atoms with Crippen molar-refractivity contribution in [3.8, 4) is 0 Å². The largest absolute Gasteiger partial charge is 0.357 e. The van der Waals surface area contributed by atoms with Crippen molar-refractivity contribution in [3.05, 3.63) is 0 Å². The lowest BCUT2D eigenvalue weighted by Crippen LogP contribution is -2.21. The summed E-state index contributed by atoms with van der Waals surface area (Å²) in [5.41, 5.74) is -2.34. The molecule has 1 aliphatic heterocycles. The van der Waals surface area contributed by atoms with Crippen LogP contribution >= 0.6 is 7.37 Å². The Hall–Kier alpha value is 0.110. The van der Waals surface area contributed by atoms with Crippen LogP contribution in [0.3, 0.4) is 0 Å². The molecule has 0 saturated carbocycles. The predicted octanol–water partition coefficient (Wildman–Crippen LogP) is 0.468. The zero-order valence-corrected chi connectivity index (χ0v) is 7.51. The second-order valence-electron chi connectivity index (χ2n) is 3.24. The number of rotatable bonds is 2. The van der Waals surface area contributed by atoms with E-state index in [0.29, 0.717) is 12.8 Å². The standard InChI is InChI=1S/C6H13O4P/c1-3-4-5(2)6(7,8)11(5,9)10/h7-8H,3-4H2,1-2H3,(H,9,10). The van der Waals surface area contributed by atoms with Crippen LogP contribution in [0.15, 0.2) is 0 Å². The van der Waals surface area contributed by atoms with E-state index in [1.165, 1.54) is 6.92 Å². The summed E-state index contributed by atoms with van der Waals surface area (Å²) in [6, 6.07) is 0. The van der Waals surface area contributed by atoms with Crippen molar-refractivity contribution in [3.63, 3.8) is 0 Å². The quantitative estimate of drug-likeness (QED) is 0.426. The highest BCUT2D eigenvalue weighted by molar-refractivity contribution is 7.69. The molecule has 1 heterocycles. The molecule has 0 spiro atoms. The summed E-state index contributed by atoms with van der Waals surface area (Å²) in [4.78, 5) is 9.07. The molecule has 0 aliphatic carbocycles. The van der Waals surface area contributed by atoms with Crippen molar-refractivity contribution in [2.45, 2.75) is 37.4 Å². The highest BCUT2D eigenvalue weighted by Crippen LogP contribution is 2.85. The summed E-state index contributed by atoms with van der Waals surface area (Å²) in [5.74, 6) is 0. The summed E-state index contributed by atoms with van der Waals surface area (Å²) >= 11 is 0. The summed E-state index contributed by atoms with van der Waals surface area (Å²) in [7, 11) is -3.72. The molecule has 11 heavy (non-hydrogen) atoms. The fourth-order valence-electron chi connectivity index (χ4n) is 1.41. The third kappa shape index (κ3) is 0.785. The van der Waals surface area contributed by atoms with Crippen LogP contribution in [0.4, 0.5) is 0 Å². The molecular formula is C6H13O4P. The molecule has 0 bridgehead atoms. The fraction of sp³-hybridized carbons (Fsp3) is 1.00. The third-order valence-corrected chi connectivity index (χ3v) is 5.49. The maximum Gasteiger partial charge on any atom is 0.270 e. The number of hydrogen-bond donors (Lipinski definition) is 3. The van der Waals surface area contributed by atoms with E-state index in [1.807, 2.05) is 6.92 Å². The number of hydrogen-bond acceptors (Lipinski definition) is 3. The lowest BCUT2D eigenvalue weighted by Gasteiger charge is -2.05. The Morgan fingerprint density at radius 3 is 1.91 bits per heavy atom. The smallest absolute Gasteiger partial charge is 0.270 e. The molecule has 0 amide bonds. The molecule has 4 nitrogen and oxygen atoms in total. The van der Waals surface area contributed by atoms with Crippen LogP contribution < -0.4 is 0 Å². The van der Waals surface area contributed by atoms with E-state index in [0.717, 1.165) is 0 Å². The molecule has 0 radical (unpaired) electrons. The van der Waals surface area contributed by atoms with Crippen LogP contribution in [0, 0.1) is 0 Å². The second-order valence-corrected chi connectivity index (χ2v) is 6.00. The molecule has 5 heteroatoms. The summed E-state index contributed by atoms with van der Waals surface area (Å²) in [6.45, 7) is 3.26. The molecule has 0 aromatic heterocycles. The minimum absolute atomic E-state index is 0.369. The molecule has 3 N–H and O–H groups in total. The minimum atomic E-state index is -3.72. The molecule has 1 aliphatic rings. The Kier molecular flexibility index (Phi) is 1.74. The molecule has 2 unspecified atom stereocenters. The van der Waals surface area contributed by atoms with Crippen LogP contribution in [-0.2, 0) is 4.57 Å². The van der Waals surface area contributed by atoms with Gasteiger partial charge in [-0.1, -0.05) is 13.3 Å². The van der Waals surface area contributed by atoms with Gasteiger partial charge in [0.1, 0.15) is 5.16 Å². The van der Waals surface area contributed by atoms with Gasteiger partial charge in [0.05, 0.1) is 0 Å². The van der Waals surface area contributed by atoms with Gasteiger partial charge in [-0.3, -0.25) is 4.57 Å². The van der Waals surface area contributed by atoms with Gasteiger partial charge in [-0.15, -0.1) is 0 Å². The van der Waals surface area contributed by atoms with Gasteiger partial charge in [-0.05, 0) is 13.3 Å². The molecule has 66 valence electrons. The zero-order valence-electron chi connectivity index (χ0n) is 6.61. The molecule has 1 fully saturated rings. The van der Waals surface area contributed by atoms with Gasteiger partial charge < -0.3 is 15.1 Å². The van der Waals surface area contributed by atoms with Crippen LogP contribution in [0.1, 0.15) is 26.7 Å². The fourth-order valence-corrected chi connectivity index (χ4v) is 3.52. The van der Waals surface area contributed by atoms with E-state index >= 15 is 0 Å². The van der Waals surface area contributed by atoms with E-state index in [1.54, 1.807) is 0 Å².